The third kappa shape index (κ3) is 4.76. The lowest BCUT2D eigenvalue weighted by Gasteiger charge is -2.27. The van der Waals surface area contributed by atoms with Crippen LogP contribution in [0.5, 0.6) is 5.75 Å². The van der Waals surface area contributed by atoms with Crippen molar-refractivity contribution in [2.45, 2.75) is 32.6 Å². The smallest absolute Gasteiger partial charge is 0.310 e. The summed E-state index contributed by atoms with van der Waals surface area (Å²) in [4.78, 5) is 38.6. The normalized spacial score (nSPS) is 13.7. The number of anilines is 1. The highest BCUT2D eigenvalue weighted by Crippen LogP contribution is 2.21. The van der Waals surface area contributed by atoms with Gasteiger partial charge in [-0.3, -0.25) is 14.4 Å². The molecule has 3 rings (SSSR count). The van der Waals surface area contributed by atoms with Crippen molar-refractivity contribution in [1.29, 1.82) is 0 Å². The predicted molar refractivity (Wildman–Crippen MR) is 107 cm³/mol. The van der Waals surface area contributed by atoms with Crippen LogP contribution in [0.15, 0.2) is 48.5 Å². The fourth-order valence-corrected chi connectivity index (χ4v) is 3.12. The number of para-hydroxylation sites is 1. The van der Waals surface area contributed by atoms with E-state index in [9.17, 15) is 14.4 Å². The van der Waals surface area contributed by atoms with Gasteiger partial charge in [-0.1, -0.05) is 19.1 Å². The number of benzene rings is 2. The van der Waals surface area contributed by atoms with Crippen LogP contribution in [-0.4, -0.2) is 35.8 Å². The standard InChI is InChI=1S/C22H24N2O4/c1-2-20(25)28-17-12-10-16(11-13-17)21(26)23-19-9-5-4-8-18(19)22(27)24-14-6-3-7-15-24/h4-5,8-13H,2-3,6-7,14-15H2,1H3,(H,23,26). The van der Waals surface area contributed by atoms with Gasteiger partial charge in [0.05, 0.1) is 11.3 Å². The summed E-state index contributed by atoms with van der Waals surface area (Å²) in [7, 11) is 0. The molecule has 1 N–H and O–H groups in total. The molecule has 0 aliphatic carbocycles. The molecule has 6 heteroatoms. The summed E-state index contributed by atoms with van der Waals surface area (Å²) >= 11 is 0. The van der Waals surface area contributed by atoms with Gasteiger partial charge in [0, 0.05) is 25.1 Å². The number of rotatable bonds is 5. The van der Waals surface area contributed by atoms with E-state index in [0.717, 1.165) is 32.4 Å². The fourth-order valence-electron chi connectivity index (χ4n) is 3.12. The number of carbonyl (C=O) groups is 3. The van der Waals surface area contributed by atoms with Crippen LogP contribution in [-0.2, 0) is 4.79 Å². The Kier molecular flexibility index (Phi) is 6.42. The number of nitrogens with one attached hydrogen (secondary N) is 1. The molecule has 0 bridgehead atoms. The number of esters is 1. The Morgan fingerprint density at radius 1 is 0.964 bits per heavy atom. The molecule has 1 saturated heterocycles. The van der Waals surface area contributed by atoms with E-state index in [1.54, 1.807) is 55.5 Å². The Balaban J connectivity index is 1.72. The topological polar surface area (TPSA) is 75.7 Å². The van der Waals surface area contributed by atoms with Crippen LogP contribution in [0.4, 0.5) is 5.69 Å². The first kappa shape index (κ1) is 19.6. The van der Waals surface area contributed by atoms with Crippen LogP contribution >= 0.6 is 0 Å². The van der Waals surface area contributed by atoms with Crippen molar-refractivity contribution in [3.8, 4) is 5.75 Å². The van der Waals surface area contributed by atoms with Crippen LogP contribution in [0.25, 0.3) is 0 Å². The predicted octanol–water partition coefficient (Wildman–Crippen LogP) is 3.88. The first-order valence-electron chi connectivity index (χ1n) is 9.59. The summed E-state index contributed by atoms with van der Waals surface area (Å²) in [6, 6.07) is 13.4. The largest absolute Gasteiger partial charge is 0.427 e. The van der Waals surface area contributed by atoms with Crippen LogP contribution in [0.3, 0.4) is 0 Å². The second kappa shape index (κ2) is 9.17. The zero-order valence-corrected chi connectivity index (χ0v) is 15.9. The van der Waals surface area contributed by atoms with E-state index >= 15 is 0 Å². The van der Waals surface area contributed by atoms with Gasteiger partial charge in [-0.25, -0.2) is 0 Å². The molecule has 1 aliphatic rings. The minimum atomic E-state index is -0.331. The molecule has 28 heavy (non-hydrogen) atoms. The van der Waals surface area contributed by atoms with E-state index in [1.807, 2.05) is 4.90 Å². The molecule has 0 unspecified atom stereocenters. The molecular formula is C22H24N2O4. The van der Waals surface area contributed by atoms with Gasteiger partial charge in [0.25, 0.3) is 11.8 Å². The van der Waals surface area contributed by atoms with E-state index in [-0.39, 0.29) is 24.2 Å². The second-order valence-electron chi connectivity index (χ2n) is 6.70. The molecule has 6 nitrogen and oxygen atoms in total. The SMILES string of the molecule is CCC(=O)Oc1ccc(C(=O)Nc2ccccc2C(=O)N2CCCCC2)cc1. The number of amides is 2. The third-order valence-corrected chi connectivity index (χ3v) is 4.69. The van der Waals surface area contributed by atoms with Gasteiger partial charge in [-0.2, -0.15) is 0 Å². The van der Waals surface area contributed by atoms with Crippen LogP contribution in [0.2, 0.25) is 0 Å². The van der Waals surface area contributed by atoms with E-state index in [2.05, 4.69) is 5.32 Å². The van der Waals surface area contributed by atoms with Crippen molar-refractivity contribution in [2.75, 3.05) is 18.4 Å². The highest BCUT2D eigenvalue weighted by atomic mass is 16.5. The maximum absolute atomic E-state index is 12.8. The van der Waals surface area contributed by atoms with Crippen LogP contribution in [0, 0.1) is 0 Å². The third-order valence-electron chi connectivity index (χ3n) is 4.69. The minimum absolute atomic E-state index is 0.0579. The molecular weight excluding hydrogens is 356 g/mol. The second-order valence-corrected chi connectivity index (χ2v) is 6.70. The number of nitrogens with zero attached hydrogens (tertiary/aromatic N) is 1. The molecule has 2 aromatic rings. The first-order valence-corrected chi connectivity index (χ1v) is 9.59. The molecule has 0 saturated carbocycles. The molecule has 1 aliphatic heterocycles. The van der Waals surface area contributed by atoms with Gasteiger partial charge in [0.1, 0.15) is 5.75 Å². The fraction of sp³-hybridized carbons (Fsp3) is 0.318. The van der Waals surface area contributed by atoms with Gasteiger partial charge >= 0.3 is 5.97 Å². The molecule has 1 fully saturated rings. The molecule has 0 aromatic heterocycles. The summed E-state index contributed by atoms with van der Waals surface area (Å²) in [5.41, 5.74) is 1.40. The van der Waals surface area contributed by atoms with Crippen molar-refractivity contribution < 1.29 is 19.1 Å². The lowest BCUT2D eigenvalue weighted by molar-refractivity contribution is -0.134. The Morgan fingerprint density at radius 2 is 1.64 bits per heavy atom. The summed E-state index contributed by atoms with van der Waals surface area (Å²) in [5, 5.41) is 2.82. The number of hydrogen-bond donors (Lipinski definition) is 1. The van der Waals surface area contributed by atoms with Crippen molar-refractivity contribution in [3.63, 3.8) is 0 Å². The molecule has 0 atom stereocenters. The molecule has 1 heterocycles. The molecule has 0 spiro atoms. The molecule has 2 aromatic carbocycles. The summed E-state index contributed by atoms with van der Waals surface area (Å²) in [6.07, 6.45) is 3.44. The average molecular weight is 380 g/mol. The van der Waals surface area contributed by atoms with E-state index < -0.39 is 0 Å². The Morgan fingerprint density at radius 3 is 2.32 bits per heavy atom. The average Bonchev–Trinajstić information content (AvgIpc) is 2.74. The van der Waals surface area contributed by atoms with Crippen LogP contribution in [0.1, 0.15) is 53.3 Å². The Bertz CT molecular complexity index is 855. The molecule has 0 radical (unpaired) electrons. The van der Waals surface area contributed by atoms with Gasteiger partial charge in [-0.05, 0) is 55.7 Å². The quantitative estimate of drug-likeness (QED) is 0.631. The van der Waals surface area contributed by atoms with Crippen molar-refractivity contribution in [2.24, 2.45) is 0 Å². The summed E-state index contributed by atoms with van der Waals surface area (Å²) < 4.78 is 5.11. The van der Waals surface area contributed by atoms with Crippen LogP contribution < -0.4 is 10.1 Å². The van der Waals surface area contributed by atoms with Crippen molar-refractivity contribution in [1.82, 2.24) is 4.90 Å². The van der Waals surface area contributed by atoms with Gasteiger partial charge in [0.15, 0.2) is 0 Å². The van der Waals surface area contributed by atoms with Gasteiger partial charge in [0.2, 0.25) is 0 Å². The maximum atomic E-state index is 12.8. The number of carbonyl (C=O) groups excluding carboxylic acids is 3. The molecule has 146 valence electrons. The minimum Gasteiger partial charge on any atom is -0.427 e. The van der Waals surface area contributed by atoms with Crippen molar-refractivity contribution in [3.05, 3.63) is 59.7 Å². The summed E-state index contributed by atoms with van der Waals surface area (Å²) in [6.45, 7) is 3.21. The first-order chi connectivity index (χ1) is 13.6. The maximum Gasteiger partial charge on any atom is 0.310 e. The lowest BCUT2D eigenvalue weighted by Crippen LogP contribution is -2.36. The van der Waals surface area contributed by atoms with Crippen molar-refractivity contribution >= 4 is 23.5 Å². The Hall–Kier alpha value is -3.15. The number of piperidine rings is 1. The lowest BCUT2D eigenvalue weighted by atomic mass is 10.1. The number of ether oxygens (including phenoxy) is 1. The number of hydrogen-bond acceptors (Lipinski definition) is 4. The Labute approximate surface area is 164 Å². The highest BCUT2D eigenvalue weighted by molar-refractivity contribution is 6.09. The molecule has 2 amide bonds. The monoisotopic (exact) mass is 380 g/mol. The van der Waals surface area contributed by atoms with Gasteiger partial charge < -0.3 is 15.0 Å². The number of likely N-dealkylation sites (tertiary alicyclic amines) is 1. The van der Waals surface area contributed by atoms with Gasteiger partial charge in [-0.15, -0.1) is 0 Å². The zero-order chi connectivity index (χ0) is 19.9. The van der Waals surface area contributed by atoms with E-state index in [4.69, 9.17) is 4.74 Å². The zero-order valence-electron chi connectivity index (χ0n) is 15.9. The van der Waals surface area contributed by atoms with E-state index in [0.29, 0.717) is 22.6 Å². The highest BCUT2D eigenvalue weighted by Gasteiger charge is 2.21. The van der Waals surface area contributed by atoms with E-state index in [1.165, 1.54) is 0 Å². The summed E-state index contributed by atoms with van der Waals surface area (Å²) in [5.74, 6) is -0.323.